The average molecular weight is 347 g/mol. The molecule has 0 spiro atoms. The Balaban J connectivity index is 1.87. The van der Waals surface area contributed by atoms with Gasteiger partial charge in [0.15, 0.2) is 11.6 Å². The van der Waals surface area contributed by atoms with Crippen LogP contribution in [0.15, 0.2) is 41.3 Å². The molecule has 104 valence electrons. The normalized spacial score (nSPS) is 12.5. The number of aromatic nitrogens is 4. The van der Waals surface area contributed by atoms with Crippen LogP contribution in [-0.4, -0.2) is 19.7 Å². The first-order valence-corrected chi connectivity index (χ1v) is 7.00. The Kier molecular flexibility index (Phi) is 2.75. The van der Waals surface area contributed by atoms with Gasteiger partial charge in [-0.15, -0.1) is 0 Å². The fourth-order valence-electron chi connectivity index (χ4n) is 2.26. The molecule has 1 aliphatic heterocycles. The summed E-state index contributed by atoms with van der Waals surface area (Å²) in [5, 5.41) is 4.43. The number of rotatable bonds is 1. The zero-order valence-corrected chi connectivity index (χ0v) is 12.2. The fourth-order valence-corrected chi connectivity index (χ4v) is 2.56. The first kappa shape index (κ1) is 12.5. The van der Waals surface area contributed by atoms with Crippen molar-refractivity contribution in [2.45, 2.75) is 6.61 Å². The summed E-state index contributed by atoms with van der Waals surface area (Å²) in [7, 11) is 0. The Bertz CT molecular complexity index is 849. The van der Waals surface area contributed by atoms with Crippen LogP contribution in [-0.2, 0) is 6.61 Å². The van der Waals surface area contributed by atoms with Crippen molar-refractivity contribution in [2.24, 2.45) is 0 Å². The first-order valence-electron chi connectivity index (χ1n) is 6.20. The molecule has 0 saturated carbocycles. The molecule has 0 bridgehead atoms. The van der Waals surface area contributed by atoms with Gasteiger partial charge in [0.2, 0.25) is 5.88 Å². The number of fused-ring (bicyclic) bond motifs is 3. The lowest BCUT2D eigenvalue weighted by Gasteiger charge is -2.14. The maximum atomic E-state index is 14.0. The van der Waals surface area contributed by atoms with Gasteiger partial charge in [0.25, 0.3) is 0 Å². The lowest BCUT2D eigenvalue weighted by Crippen LogP contribution is -2.05. The molecule has 0 radical (unpaired) electrons. The van der Waals surface area contributed by atoms with E-state index >= 15 is 0 Å². The number of halogens is 2. The van der Waals surface area contributed by atoms with E-state index in [1.807, 2.05) is 12.1 Å². The Labute approximate surface area is 127 Å². The van der Waals surface area contributed by atoms with Gasteiger partial charge in [-0.05, 0) is 34.1 Å². The highest BCUT2D eigenvalue weighted by Gasteiger charge is 2.23. The maximum absolute atomic E-state index is 14.0. The molecule has 0 fully saturated rings. The third-order valence-electron chi connectivity index (χ3n) is 3.19. The van der Waals surface area contributed by atoms with Gasteiger partial charge >= 0.3 is 0 Å². The van der Waals surface area contributed by atoms with E-state index in [9.17, 15) is 4.39 Å². The highest BCUT2D eigenvalue weighted by molar-refractivity contribution is 9.10. The smallest absolute Gasteiger partial charge is 0.223 e. The molecule has 0 unspecified atom stereocenters. The minimum atomic E-state index is -0.448. The van der Waals surface area contributed by atoms with Gasteiger partial charge in [-0.1, -0.05) is 0 Å². The summed E-state index contributed by atoms with van der Waals surface area (Å²) in [5.41, 5.74) is 2.42. The number of hydrogen-bond acceptors (Lipinski definition) is 4. The third-order valence-corrected chi connectivity index (χ3v) is 3.62. The summed E-state index contributed by atoms with van der Waals surface area (Å²) in [6.07, 6.45) is 4.92. The van der Waals surface area contributed by atoms with Crippen LogP contribution in [0.25, 0.3) is 17.1 Å². The van der Waals surface area contributed by atoms with E-state index in [0.29, 0.717) is 17.0 Å². The molecule has 7 heteroatoms. The van der Waals surface area contributed by atoms with E-state index in [4.69, 9.17) is 4.74 Å². The predicted molar refractivity (Wildman–Crippen MR) is 76.6 cm³/mol. The standard InChI is InChI=1S/C14H8BrFN4O/c15-9-4-11(16)13(18-5-9)20-6-8-7-21-14-10(12(8)19-20)2-1-3-17-14/h1-6H,7H2. The summed E-state index contributed by atoms with van der Waals surface area (Å²) in [4.78, 5) is 8.23. The molecule has 0 saturated heterocycles. The second-order valence-electron chi connectivity index (χ2n) is 4.55. The topological polar surface area (TPSA) is 52.8 Å². The third kappa shape index (κ3) is 2.01. The monoisotopic (exact) mass is 346 g/mol. The fraction of sp³-hybridized carbons (Fsp3) is 0.0714. The molecule has 4 heterocycles. The molecule has 3 aromatic heterocycles. The van der Waals surface area contributed by atoms with Crippen LogP contribution >= 0.6 is 15.9 Å². The minimum absolute atomic E-state index is 0.151. The molecular formula is C14H8BrFN4O. The Morgan fingerprint density at radius 3 is 3.10 bits per heavy atom. The van der Waals surface area contributed by atoms with Gasteiger partial charge in [-0.3, -0.25) is 0 Å². The summed E-state index contributed by atoms with van der Waals surface area (Å²) in [6.45, 7) is 0.359. The lowest BCUT2D eigenvalue weighted by atomic mass is 10.1. The molecule has 5 nitrogen and oxygen atoms in total. The van der Waals surface area contributed by atoms with Crippen molar-refractivity contribution in [3.8, 4) is 23.0 Å². The zero-order chi connectivity index (χ0) is 14.4. The predicted octanol–water partition coefficient (Wildman–Crippen LogP) is 3.12. The molecule has 0 amide bonds. The van der Waals surface area contributed by atoms with Crippen LogP contribution in [0.3, 0.4) is 0 Å². The molecule has 0 aromatic carbocycles. The highest BCUT2D eigenvalue weighted by atomic mass is 79.9. The van der Waals surface area contributed by atoms with Crippen molar-refractivity contribution < 1.29 is 9.13 Å². The molecule has 0 atom stereocenters. The van der Waals surface area contributed by atoms with Gasteiger partial charge in [-0.2, -0.15) is 5.10 Å². The SMILES string of the molecule is Fc1cc(Br)cnc1-n1cc2c(n1)-c1cccnc1OC2. The van der Waals surface area contributed by atoms with Crippen molar-refractivity contribution in [3.63, 3.8) is 0 Å². The van der Waals surface area contributed by atoms with E-state index < -0.39 is 5.82 Å². The van der Waals surface area contributed by atoms with Crippen LogP contribution in [0, 0.1) is 5.82 Å². The van der Waals surface area contributed by atoms with Gasteiger partial charge in [0, 0.05) is 28.6 Å². The number of pyridine rings is 2. The van der Waals surface area contributed by atoms with Gasteiger partial charge in [0.1, 0.15) is 12.3 Å². The molecular weight excluding hydrogens is 339 g/mol. The van der Waals surface area contributed by atoms with Crippen molar-refractivity contribution in [3.05, 3.63) is 52.6 Å². The van der Waals surface area contributed by atoms with Crippen LogP contribution < -0.4 is 4.74 Å². The second kappa shape index (κ2) is 4.63. The van der Waals surface area contributed by atoms with E-state index in [1.165, 1.54) is 16.9 Å². The Morgan fingerprint density at radius 1 is 1.33 bits per heavy atom. The van der Waals surface area contributed by atoms with Crippen LogP contribution in [0.4, 0.5) is 4.39 Å². The van der Waals surface area contributed by atoms with Gasteiger partial charge < -0.3 is 4.74 Å². The minimum Gasteiger partial charge on any atom is -0.472 e. The van der Waals surface area contributed by atoms with Crippen LogP contribution in [0.5, 0.6) is 5.88 Å². The molecule has 0 aliphatic carbocycles. The quantitative estimate of drug-likeness (QED) is 0.679. The van der Waals surface area contributed by atoms with Crippen molar-refractivity contribution in [1.29, 1.82) is 0 Å². The first-order chi connectivity index (χ1) is 10.2. The van der Waals surface area contributed by atoms with Crippen LogP contribution in [0.2, 0.25) is 0 Å². The number of nitrogens with zero attached hydrogens (tertiary/aromatic N) is 4. The Hall–Kier alpha value is -2.28. The molecule has 21 heavy (non-hydrogen) atoms. The summed E-state index contributed by atoms with van der Waals surface area (Å²) < 4.78 is 21.6. The largest absolute Gasteiger partial charge is 0.472 e. The molecule has 4 rings (SSSR count). The second-order valence-corrected chi connectivity index (χ2v) is 5.47. The highest BCUT2D eigenvalue weighted by Crippen LogP contribution is 2.34. The van der Waals surface area contributed by atoms with E-state index in [1.54, 1.807) is 12.4 Å². The van der Waals surface area contributed by atoms with Gasteiger partial charge in [-0.25, -0.2) is 19.0 Å². The molecule has 3 aromatic rings. The maximum Gasteiger partial charge on any atom is 0.223 e. The molecule has 1 aliphatic rings. The van der Waals surface area contributed by atoms with E-state index in [2.05, 4.69) is 31.0 Å². The summed E-state index contributed by atoms with van der Waals surface area (Å²) >= 11 is 3.19. The van der Waals surface area contributed by atoms with Gasteiger partial charge in [0.05, 0.1) is 5.56 Å². The van der Waals surface area contributed by atoms with E-state index in [-0.39, 0.29) is 5.82 Å². The van der Waals surface area contributed by atoms with E-state index in [0.717, 1.165) is 16.8 Å². The molecule has 0 N–H and O–H groups in total. The van der Waals surface area contributed by atoms with Crippen molar-refractivity contribution >= 4 is 15.9 Å². The summed E-state index contributed by atoms with van der Waals surface area (Å²) in [5.74, 6) is 0.245. The number of ether oxygens (including phenoxy) is 1. The van der Waals surface area contributed by atoms with Crippen LogP contribution in [0.1, 0.15) is 5.56 Å². The number of hydrogen-bond donors (Lipinski definition) is 0. The Morgan fingerprint density at radius 2 is 2.24 bits per heavy atom. The summed E-state index contributed by atoms with van der Waals surface area (Å²) in [6, 6.07) is 5.05. The van der Waals surface area contributed by atoms with Crippen molar-refractivity contribution in [2.75, 3.05) is 0 Å². The zero-order valence-electron chi connectivity index (χ0n) is 10.6. The lowest BCUT2D eigenvalue weighted by molar-refractivity contribution is 0.290. The van der Waals surface area contributed by atoms with Crippen molar-refractivity contribution in [1.82, 2.24) is 19.7 Å². The average Bonchev–Trinajstić information content (AvgIpc) is 2.91.